The summed E-state index contributed by atoms with van der Waals surface area (Å²) in [5.41, 5.74) is 13.4. The Balaban J connectivity index is 1.64. The minimum Gasteiger partial charge on any atom is -0.384 e. The summed E-state index contributed by atoms with van der Waals surface area (Å²) in [5, 5.41) is 8.52. The minimum absolute atomic E-state index is 0.617. The first-order chi connectivity index (χ1) is 11.9. The van der Waals surface area contributed by atoms with Gasteiger partial charge in [-0.3, -0.25) is 4.98 Å². The Labute approximate surface area is 143 Å². The van der Waals surface area contributed by atoms with Crippen LogP contribution in [0.15, 0.2) is 29.4 Å². The van der Waals surface area contributed by atoms with Gasteiger partial charge in [-0.15, -0.1) is 0 Å². The number of hydrogen-bond acceptors (Lipinski definition) is 3. The van der Waals surface area contributed by atoms with Crippen LogP contribution in [0.2, 0.25) is 0 Å². The number of azide groups is 1. The van der Waals surface area contributed by atoms with E-state index in [1.165, 1.54) is 41.6 Å². The number of nitrogens with one attached hydrogen (secondary N) is 1. The lowest BCUT2D eigenvalue weighted by Gasteiger charge is -2.21. The quantitative estimate of drug-likeness (QED) is 0.306. The first kappa shape index (κ1) is 16.6. The average molecular weight is 323 g/mol. The summed E-state index contributed by atoms with van der Waals surface area (Å²) in [5.74, 6) is 0. The Morgan fingerprint density at radius 1 is 1.08 bits per heavy atom. The first-order valence-corrected chi connectivity index (χ1v) is 9.05. The van der Waals surface area contributed by atoms with Crippen molar-refractivity contribution in [2.24, 2.45) is 5.11 Å². The maximum atomic E-state index is 8.26. The van der Waals surface area contributed by atoms with Crippen LogP contribution in [0.25, 0.3) is 21.3 Å². The zero-order valence-corrected chi connectivity index (χ0v) is 14.2. The third-order valence-electron chi connectivity index (χ3n) is 4.72. The SMILES string of the molecule is [N-]=[N+]=NCCCCCCNc1c2c(nc3ccccc13)CCCC2. The lowest BCUT2D eigenvalue weighted by atomic mass is 9.92. The van der Waals surface area contributed by atoms with Gasteiger partial charge in [0.25, 0.3) is 0 Å². The van der Waals surface area contributed by atoms with E-state index in [9.17, 15) is 0 Å². The fraction of sp³-hybridized carbons (Fsp3) is 0.526. The molecule has 2 aromatic rings. The third kappa shape index (κ3) is 3.98. The molecule has 24 heavy (non-hydrogen) atoms. The number of rotatable bonds is 8. The molecule has 0 fully saturated rings. The molecule has 0 saturated heterocycles. The second-order valence-electron chi connectivity index (χ2n) is 6.43. The molecule has 0 saturated carbocycles. The van der Waals surface area contributed by atoms with E-state index in [-0.39, 0.29) is 0 Å². The van der Waals surface area contributed by atoms with Crippen LogP contribution in [-0.4, -0.2) is 18.1 Å². The van der Waals surface area contributed by atoms with Crippen LogP contribution < -0.4 is 5.32 Å². The molecule has 1 aromatic heterocycles. The molecule has 0 radical (unpaired) electrons. The van der Waals surface area contributed by atoms with Crippen LogP contribution in [0.5, 0.6) is 0 Å². The largest absolute Gasteiger partial charge is 0.384 e. The molecule has 1 aromatic carbocycles. The second kappa shape index (κ2) is 8.55. The predicted molar refractivity (Wildman–Crippen MR) is 99.4 cm³/mol. The van der Waals surface area contributed by atoms with E-state index in [0.717, 1.165) is 44.2 Å². The molecule has 0 bridgehead atoms. The van der Waals surface area contributed by atoms with E-state index < -0.39 is 0 Å². The van der Waals surface area contributed by atoms with Crippen LogP contribution in [0, 0.1) is 0 Å². The molecule has 0 amide bonds. The number of hydrogen-bond donors (Lipinski definition) is 1. The van der Waals surface area contributed by atoms with Gasteiger partial charge in [0.2, 0.25) is 0 Å². The number of para-hydroxylation sites is 1. The van der Waals surface area contributed by atoms with Gasteiger partial charge in [-0.05, 0) is 55.7 Å². The van der Waals surface area contributed by atoms with Crippen LogP contribution in [0.3, 0.4) is 0 Å². The fourth-order valence-electron chi connectivity index (χ4n) is 3.49. The lowest BCUT2D eigenvalue weighted by Crippen LogP contribution is -2.12. The number of unbranched alkanes of at least 4 members (excludes halogenated alkanes) is 3. The van der Waals surface area contributed by atoms with Gasteiger partial charge in [-0.2, -0.15) is 0 Å². The highest BCUT2D eigenvalue weighted by Crippen LogP contribution is 2.33. The molecule has 1 N–H and O–H groups in total. The van der Waals surface area contributed by atoms with E-state index in [0.29, 0.717) is 6.54 Å². The van der Waals surface area contributed by atoms with Gasteiger partial charge >= 0.3 is 0 Å². The third-order valence-corrected chi connectivity index (χ3v) is 4.72. The Kier molecular flexibility index (Phi) is 5.91. The number of nitrogens with zero attached hydrogens (tertiary/aromatic N) is 4. The number of fused-ring (bicyclic) bond motifs is 2. The molecule has 5 heteroatoms. The molecule has 1 heterocycles. The molecule has 3 rings (SSSR count). The summed E-state index contributed by atoms with van der Waals surface area (Å²) in [6.45, 7) is 1.61. The summed E-state index contributed by atoms with van der Waals surface area (Å²) in [6.07, 6.45) is 9.17. The Bertz CT molecular complexity index is 734. The predicted octanol–water partition coefficient (Wildman–Crippen LogP) is 5.40. The van der Waals surface area contributed by atoms with E-state index in [1.54, 1.807) is 0 Å². The Hall–Kier alpha value is -2.26. The molecular weight excluding hydrogens is 298 g/mol. The van der Waals surface area contributed by atoms with E-state index in [1.807, 2.05) is 0 Å². The number of pyridine rings is 1. The normalized spacial score (nSPS) is 13.3. The van der Waals surface area contributed by atoms with Crippen molar-refractivity contribution in [3.8, 4) is 0 Å². The number of benzene rings is 1. The highest BCUT2D eigenvalue weighted by Gasteiger charge is 2.17. The zero-order chi connectivity index (χ0) is 16.6. The van der Waals surface area contributed by atoms with E-state index in [2.05, 4.69) is 39.6 Å². The smallest absolute Gasteiger partial charge is 0.0726 e. The molecule has 0 atom stereocenters. The van der Waals surface area contributed by atoms with Crippen LogP contribution in [0.4, 0.5) is 5.69 Å². The van der Waals surface area contributed by atoms with Crippen molar-refractivity contribution >= 4 is 16.6 Å². The number of anilines is 1. The van der Waals surface area contributed by atoms with Gasteiger partial charge in [0.1, 0.15) is 0 Å². The highest BCUT2D eigenvalue weighted by molar-refractivity contribution is 5.93. The van der Waals surface area contributed by atoms with Gasteiger partial charge in [-0.1, -0.05) is 36.2 Å². The van der Waals surface area contributed by atoms with Crippen molar-refractivity contribution in [3.05, 3.63) is 46.0 Å². The van der Waals surface area contributed by atoms with Crippen molar-refractivity contribution < 1.29 is 0 Å². The summed E-state index contributed by atoms with van der Waals surface area (Å²) >= 11 is 0. The molecule has 126 valence electrons. The molecule has 5 nitrogen and oxygen atoms in total. The van der Waals surface area contributed by atoms with Crippen molar-refractivity contribution in [3.63, 3.8) is 0 Å². The van der Waals surface area contributed by atoms with Gasteiger partial charge < -0.3 is 5.32 Å². The highest BCUT2D eigenvalue weighted by atomic mass is 15.1. The maximum Gasteiger partial charge on any atom is 0.0726 e. The standard InChI is InChI=1S/C19H25N5/c20-24-22-14-8-2-1-7-13-21-19-15-9-3-5-11-17(15)23-18-12-6-4-10-16(18)19/h3,5,9,11H,1-2,4,6-8,10,12-14H2,(H,21,23). The van der Waals surface area contributed by atoms with Crippen molar-refractivity contribution in [1.82, 2.24) is 4.98 Å². The van der Waals surface area contributed by atoms with E-state index >= 15 is 0 Å². The van der Waals surface area contributed by atoms with Gasteiger partial charge in [0.05, 0.1) is 5.52 Å². The number of aromatic nitrogens is 1. The Morgan fingerprint density at radius 2 is 1.92 bits per heavy atom. The summed E-state index contributed by atoms with van der Waals surface area (Å²) < 4.78 is 0. The fourth-order valence-corrected chi connectivity index (χ4v) is 3.49. The topological polar surface area (TPSA) is 73.7 Å². The van der Waals surface area contributed by atoms with Gasteiger partial charge in [0, 0.05) is 34.8 Å². The van der Waals surface area contributed by atoms with Crippen LogP contribution >= 0.6 is 0 Å². The molecule has 0 aliphatic heterocycles. The lowest BCUT2D eigenvalue weighted by molar-refractivity contribution is 0.657. The monoisotopic (exact) mass is 323 g/mol. The molecule has 1 aliphatic rings. The van der Waals surface area contributed by atoms with Crippen LogP contribution in [-0.2, 0) is 12.8 Å². The van der Waals surface area contributed by atoms with Crippen LogP contribution in [0.1, 0.15) is 49.8 Å². The van der Waals surface area contributed by atoms with Gasteiger partial charge in [0.15, 0.2) is 0 Å². The van der Waals surface area contributed by atoms with E-state index in [4.69, 9.17) is 10.5 Å². The summed E-state index contributed by atoms with van der Waals surface area (Å²) in [6, 6.07) is 8.46. The number of aryl methyl sites for hydroxylation is 1. The van der Waals surface area contributed by atoms with Gasteiger partial charge in [-0.25, -0.2) is 0 Å². The molecule has 0 spiro atoms. The molecule has 0 unspecified atom stereocenters. The minimum atomic E-state index is 0.617. The van der Waals surface area contributed by atoms with Crippen molar-refractivity contribution in [1.29, 1.82) is 0 Å². The van der Waals surface area contributed by atoms with Crippen molar-refractivity contribution in [2.45, 2.75) is 51.4 Å². The second-order valence-corrected chi connectivity index (χ2v) is 6.43. The maximum absolute atomic E-state index is 8.26. The molecule has 1 aliphatic carbocycles. The summed E-state index contributed by atoms with van der Waals surface area (Å²) in [7, 11) is 0. The molecular formula is C19H25N5. The summed E-state index contributed by atoms with van der Waals surface area (Å²) in [4.78, 5) is 7.67. The Morgan fingerprint density at radius 3 is 2.83 bits per heavy atom. The zero-order valence-electron chi connectivity index (χ0n) is 14.2. The first-order valence-electron chi connectivity index (χ1n) is 9.05. The average Bonchev–Trinajstić information content (AvgIpc) is 2.63. The van der Waals surface area contributed by atoms with Crippen molar-refractivity contribution in [2.75, 3.05) is 18.4 Å².